The van der Waals surface area contributed by atoms with Gasteiger partial charge in [0.05, 0.1) is 4.47 Å². The molecule has 0 spiro atoms. The zero-order valence-corrected chi connectivity index (χ0v) is 7.73. The van der Waals surface area contributed by atoms with Crippen molar-refractivity contribution in [2.45, 2.75) is 13.5 Å². The minimum absolute atomic E-state index is 0.129. The topological polar surface area (TPSA) is 58.9 Å². The lowest BCUT2D eigenvalue weighted by Crippen LogP contribution is -2.12. The zero-order valence-electron chi connectivity index (χ0n) is 6.15. The molecule has 1 aromatic rings. The molecule has 0 saturated heterocycles. The number of aryl methyl sites for hydroxylation is 1. The molecule has 0 amide bonds. The number of rotatable bonds is 1. The molecule has 0 aliphatic heterocycles. The van der Waals surface area contributed by atoms with Crippen LogP contribution in [-0.2, 0) is 6.54 Å². The predicted molar refractivity (Wildman–Crippen MR) is 47.4 cm³/mol. The Bertz CT molecular complexity index is 319. The zero-order chi connectivity index (χ0) is 8.43. The van der Waals surface area contributed by atoms with E-state index in [1.165, 1.54) is 0 Å². The fourth-order valence-corrected chi connectivity index (χ4v) is 1.47. The second-order valence-corrected chi connectivity index (χ2v) is 3.09. The van der Waals surface area contributed by atoms with Gasteiger partial charge in [0, 0.05) is 12.7 Å². The molecule has 1 rings (SSSR count). The van der Waals surface area contributed by atoms with Crippen molar-refractivity contribution in [1.82, 2.24) is 4.98 Å². The molecule has 4 heteroatoms. The molecule has 11 heavy (non-hydrogen) atoms. The summed E-state index contributed by atoms with van der Waals surface area (Å²) < 4.78 is 0.542. The highest BCUT2D eigenvalue weighted by molar-refractivity contribution is 9.10. The highest BCUT2D eigenvalue weighted by atomic mass is 79.9. The van der Waals surface area contributed by atoms with E-state index in [4.69, 9.17) is 5.73 Å². The number of H-pyrrole nitrogens is 1. The van der Waals surface area contributed by atoms with Crippen LogP contribution < -0.4 is 11.3 Å². The van der Waals surface area contributed by atoms with Crippen LogP contribution in [0.5, 0.6) is 0 Å². The van der Waals surface area contributed by atoms with Crippen LogP contribution in [0.25, 0.3) is 0 Å². The summed E-state index contributed by atoms with van der Waals surface area (Å²) in [5.41, 5.74) is 7.18. The Labute approximate surface area is 72.7 Å². The highest BCUT2D eigenvalue weighted by Gasteiger charge is 2.04. The molecule has 0 bridgehead atoms. The number of hydrogen-bond acceptors (Lipinski definition) is 2. The second kappa shape index (κ2) is 3.19. The number of halogens is 1. The van der Waals surface area contributed by atoms with Gasteiger partial charge in [-0.05, 0) is 34.0 Å². The van der Waals surface area contributed by atoms with Gasteiger partial charge in [-0.1, -0.05) is 0 Å². The van der Waals surface area contributed by atoms with Gasteiger partial charge in [-0.25, -0.2) is 0 Å². The number of pyridine rings is 1. The molecule has 0 radical (unpaired) electrons. The van der Waals surface area contributed by atoms with Gasteiger partial charge >= 0.3 is 0 Å². The molecule has 3 N–H and O–H groups in total. The molecule has 3 nitrogen and oxygen atoms in total. The van der Waals surface area contributed by atoms with Crippen LogP contribution in [0.2, 0.25) is 0 Å². The summed E-state index contributed by atoms with van der Waals surface area (Å²) in [6.45, 7) is 2.29. The summed E-state index contributed by atoms with van der Waals surface area (Å²) in [5.74, 6) is 0. The largest absolute Gasteiger partial charge is 0.328 e. The van der Waals surface area contributed by atoms with Crippen molar-refractivity contribution in [3.05, 3.63) is 32.2 Å². The summed E-state index contributed by atoms with van der Waals surface area (Å²) in [4.78, 5) is 13.6. The number of aromatic amines is 1. The molecule has 0 aliphatic rings. The third-order valence-corrected chi connectivity index (χ3v) is 2.40. The summed E-state index contributed by atoms with van der Waals surface area (Å²) in [7, 11) is 0. The van der Waals surface area contributed by atoms with E-state index in [1.807, 2.05) is 6.92 Å². The van der Waals surface area contributed by atoms with Crippen LogP contribution in [0.1, 0.15) is 11.1 Å². The highest BCUT2D eigenvalue weighted by Crippen LogP contribution is 2.13. The minimum atomic E-state index is -0.129. The maximum Gasteiger partial charge on any atom is 0.262 e. The molecule has 0 aromatic carbocycles. The fraction of sp³-hybridized carbons (Fsp3) is 0.286. The lowest BCUT2D eigenvalue weighted by Gasteiger charge is -2.02. The maximum atomic E-state index is 11.0. The van der Waals surface area contributed by atoms with E-state index < -0.39 is 0 Å². The van der Waals surface area contributed by atoms with Crippen LogP contribution in [0.4, 0.5) is 0 Å². The predicted octanol–water partition coefficient (Wildman–Crippen LogP) is 0.905. The van der Waals surface area contributed by atoms with E-state index in [2.05, 4.69) is 20.9 Å². The third kappa shape index (κ3) is 1.52. The molecule has 0 atom stereocenters. The Hall–Kier alpha value is -0.610. The van der Waals surface area contributed by atoms with Gasteiger partial charge < -0.3 is 10.7 Å². The maximum absolute atomic E-state index is 11.0. The summed E-state index contributed by atoms with van der Waals surface area (Å²) in [5, 5.41) is 0. The molecule has 0 unspecified atom stereocenters. The quantitative estimate of drug-likeness (QED) is 0.734. The number of nitrogens with one attached hydrogen (secondary N) is 1. The van der Waals surface area contributed by atoms with Gasteiger partial charge in [0.2, 0.25) is 0 Å². The number of nitrogens with two attached hydrogens (primary N) is 1. The lowest BCUT2D eigenvalue weighted by atomic mass is 10.2. The molecule has 0 saturated carbocycles. The van der Waals surface area contributed by atoms with Crippen molar-refractivity contribution in [1.29, 1.82) is 0 Å². The Morgan fingerprint density at radius 1 is 1.73 bits per heavy atom. The first kappa shape index (κ1) is 8.49. The van der Waals surface area contributed by atoms with Crippen molar-refractivity contribution in [2.24, 2.45) is 5.73 Å². The molecule has 0 fully saturated rings. The first-order chi connectivity index (χ1) is 5.16. The Kier molecular flexibility index (Phi) is 2.46. The summed E-state index contributed by atoms with van der Waals surface area (Å²) >= 11 is 3.17. The standard InChI is InChI=1S/C7H9BrN2O/c1-4-3-10-7(11)6(8)5(4)2-9/h3H,2,9H2,1H3,(H,10,11). The molecular formula is C7H9BrN2O. The molecule has 0 aliphatic carbocycles. The van der Waals surface area contributed by atoms with E-state index in [-0.39, 0.29) is 5.56 Å². The average molecular weight is 217 g/mol. The van der Waals surface area contributed by atoms with Crippen molar-refractivity contribution < 1.29 is 0 Å². The number of aromatic nitrogens is 1. The molecule has 60 valence electrons. The minimum Gasteiger partial charge on any atom is -0.328 e. The van der Waals surface area contributed by atoms with Crippen LogP contribution in [0, 0.1) is 6.92 Å². The molecule has 1 heterocycles. The average Bonchev–Trinajstić information content (AvgIpc) is 1.99. The van der Waals surface area contributed by atoms with Crippen molar-refractivity contribution in [3.63, 3.8) is 0 Å². The smallest absolute Gasteiger partial charge is 0.262 e. The first-order valence-electron chi connectivity index (χ1n) is 3.23. The fourth-order valence-electron chi connectivity index (χ4n) is 0.885. The van der Waals surface area contributed by atoms with Gasteiger partial charge in [0.15, 0.2) is 0 Å². The lowest BCUT2D eigenvalue weighted by molar-refractivity contribution is 1.00. The Morgan fingerprint density at radius 3 is 2.82 bits per heavy atom. The second-order valence-electron chi connectivity index (χ2n) is 2.30. The van der Waals surface area contributed by atoms with Crippen molar-refractivity contribution >= 4 is 15.9 Å². The van der Waals surface area contributed by atoms with E-state index in [9.17, 15) is 4.79 Å². The van der Waals surface area contributed by atoms with Gasteiger partial charge in [0.1, 0.15) is 0 Å². The van der Waals surface area contributed by atoms with Crippen LogP contribution in [0.15, 0.2) is 15.5 Å². The third-order valence-electron chi connectivity index (χ3n) is 1.56. The summed E-state index contributed by atoms with van der Waals surface area (Å²) in [6, 6.07) is 0. The summed E-state index contributed by atoms with van der Waals surface area (Å²) in [6.07, 6.45) is 1.66. The first-order valence-corrected chi connectivity index (χ1v) is 4.03. The van der Waals surface area contributed by atoms with E-state index in [0.29, 0.717) is 11.0 Å². The SMILES string of the molecule is Cc1c[nH]c(=O)c(Br)c1CN. The van der Waals surface area contributed by atoms with Crippen molar-refractivity contribution in [2.75, 3.05) is 0 Å². The van der Waals surface area contributed by atoms with Gasteiger partial charge in [-0.15, -0.1) is 0 Å². The van der Waals surface area contributed by atoms with Crippen molar-refractivity contribution in [3.8, 4) is 0 Å². The van der Waals surface area contributed by atoms with Crippen LogP contribution in [-0.4, -0.2) is 4.98 Å². The normalized spacial score (nSPS) is 10.1. The van der Waals surface area contributed by atoms with E-state index in [0.717, 1.165) is 11.1 Å². The monoisotopic (exact) mass is 216 g/mol. The van der Waals surface area contributed by atoms with E-state index >= 15 is 0 Å². The molecule has 1 aromatic heterocycles. The van der Waals surface area contributed by atoms with Gasteiger partial charge in [-0.3, -0.25) is 4.79 Å². The van der Waals surface area contributed by atoms with Crippen LogP contribution >= 0.6 is 15.9 Å². The van der Waals surface area contributed by atoms with Crippen LogP contribution in [0.3, 0.4) is 0 Å². The van der Waals surface area contributed by atoms with Gasteiger partial charge in [0.25, 0.3) is 5.56 Å². The van der Waals surface area contributed by atoms with Gasteiger partial charge in [-0.2, -0.15) is 0 Å². The molecular weight excluding hydrogens is 208 g/mol. The van der Waals surface area contributed by atoms with E-state index in [1.54, 1.807) is 6.20 Å². The Morgan fingerprint density at radius 2 is 2.36 bits per heavy atom. The Balaban J connectivity index is 3.41. The number of hydrogen-bond donors (Lipinski definition) is 2.